The molecule has 104 valence electrons. The summed E-state index contributed by atoms with van der Waals surface area (Å²) in [5, 5.41) is 30.2. The van der Waals surface area contributed by atoms with Gasteiger partial charge in [-0.05, 0) is 29.5 Å². The highest BCUT2D eigenvalue weighted by Gasteiger charge is 2.07. The van der Waals surface area contributed by atoms with E-state index in [1.807, 2.05) is 6.07 Å². The maximum absolute atomic E-state index is 11.9. The molecule has 0 aliphatic rings. The topological polar surface area (TPSA) is 107 Å². The summed E-state index contributed by atoms with van der Waals surface area (Å²) in [7, 11) is 0. The second-order valence-electron chi connectivity index (χ2n) is 4.35. The molecule has 0 saturated carbocycles. The van der Waals surface area contributed by atoms with Gasteiger partial charge in [-0.2, -0.15) is 5.10 Å². The fourth-order valence-electron chi connectivity index (χ4n) is 1.94. The van der Waals surface area contributed by atoms with E-state index in [9.17, 15) is 15.2 Å². The standard InChI is InChI=1S/C14H10N4O3/c19-14-9(2-1-3-13(14)18(20)21)7-15-11-4-5-12-10(6-11)8-16-17-12/h1-8,19H,(H,16,17)/p-1. The number of aliphatic imine (C=N–C) groups is 1. The molecule has 0 unspecified atom stereocenters. The number of aromatic amines is 1. The Bertz CT molecular complexity index is 854. The number of hydrogen-bond donors (Lipinski definition) is 1. The van der Waals surface area contributed by atoms with E-state index in [0.717, 1.165) is 10.9 Å². The molecule has 3 rings (SSSR count). The van der Waals surface area contributed by atoms with Gasteiger partial charge in [0, 0.05) is 17.7 Å². The highest BCUT2D eigenvalue weighted by atomic mass is 16.6. The van der Waals surface area contributed by atoms with Crippen molar-refractivity contribution in [1.29, 1.82) is 0 Å². The van der Waals surface area contributed by atoms with E-state index in [0.29, 0.717) is 5.69 Å². The Morgan fingerprint density at radius 3 is 2.95 bits per heavy atom. The molecular weight excluding hydrogens is 272 g/mol. The first-order valence-corrected chi connectivity index (χ1v) is 6.07. The number of benzene rings is 2. The smallest absolute Gasteiger partial charge is 0.262 e. The molecule has 1 N–H and O–H groups in total. The number of nitrogens with zero attached hydrogens (tertiary/aromatic N) is 3. The predicted octanol–water partition coefficient (Wildman–Crippen LogP) is 2.30. The molecule has 3 aromatic rings. The first-order valence-electron chi connectivity index (χ1n) is 6.07. The average molecular weight is 281 g/mol. The highest BCUT2D eigenvalue weighted by molar-refractivity contribution is 5.88. The average Bonchev–Trinajstić information content (AvgIpc) is 2.93. The van der Waals surface area contributed by atoms with E-state index < -0.39 is 16.4 Å². The van der Waals surface area contributed by atoms with Gasteiger partial charge in [0.05, 0.1) is 22.3 Å². The Hall–Kier alpha value is -3.22. The van der Waals surface area contributed by atoms with Crippen LogP contribution in [0.4, 0.5) is 11.4 Å². The third kappa shape index (κ3) is 2.44. The van der Waals surface area contributed by atoms with Gasteiger partial charge in [-0.1, -0.05) is 12.1 Å². The number of nitro groups is 1. The van der Waals surface area contributed by atoms with Crippen molar-refractivity contribution in [2.75, 3.05) is 0 Å². The van der Waals surface area contributed by atoms with Crippen LogP contribution >= 0.6 is 0 Å². The fraction of sp³-hybridized carbons (Fsp3) is 0. The minimum atomic E-state index is -0.697. The molecule has 1 aromatic heterocycles. The van der Waals surface area contributed by atoms with E-state index in [1.54, 1.807) is 18.3 Å². The number of nitro benzene ring substituents is 1. The summed E-state index contributed by atoms with van der Waals surface area (Å²) >= 11 is 0. The van der Waals surface area contributed by atoms with Gasteiger partial charge in [-0.15, -0.1) is 0 Å². The number of nitrogens with one attached hydrogen (secondary N) is 1. The fourth-order valence-corrected chi connectivity index (χ4v) is 1.94. The zero-order valence-electron chi connectivity index (χ0n) is 10.7. The molecule has 0 radical (unpaired) electrons. The van der Waals surface area contributed by atoms with Crippen LogP contribution in [0.5, 0.6) is 5.75 Å². The lowest BCUT2D eigenvalue weighted by Gasteiger charge is -2.09. The lowest BCUT2D eigenvalue weighted by atomic mass is 10.2. The molecule has 2 aromatic carbocycles. The number of aromatic nitrogens is 2. The maximum atomic E-state index is 11.9. The summed E-state index contributed by atoms with van der Waals surface area (Å²) in [6.07, 6.45) is 3.00. The van der Waals surface area contributed by atoms with Crippen molar-refractivity contribution in [2.24, 2.45) is 4.99 Å². The van der Waals surface area contributed by atoms with Crippen LogP contribution in [-0.2, 0) is 0 Å². The molecule has 7 nitrogen and oxygen atoms in total. The van der Waals surface area contributed by atoms with E-state index in [1.165, 1.54) is 24.4 Å². The largest absolute Gasteiger partial charge is 0.867 e. The molecule has 0 atom stereocenters. The summed E-state index contributed by atoms with van der Waals surface area (Å²) in [6, 6.07) is 9.52. The van der Waals surface area contributed by atoms with Crippen LogP contribution in [0.15, 0.2) is 47.6 Å². The van der Waals surface area contributed by atoms with Crippen LogP contribution in [0.2, 0.25) is 0 Å². The highest BCUT2D eigenvalue weighted by Crippen LogP contribution is 2.26. The Labute approximate surface area is 118 Å². The molecule has 0 amide bonds. The van der Waals surface area contributed by atoms with Crippen molar-refractivity contribution >= 4 is 28.5 Å². The molecule has 0 saturated heterocycles. The summed E-state index contributed by atoms with van der Waals surface area (Å²) in [5.74, 6) is -0.643. The molecule has 0 fully saturated rings. The van der Waals surface area contributed by atoms with Gasteiger partial charge in [0.2, 0.25) is 0 Å². The summed E-state index contributed by atoms with van der Waals surface area (Å²) in [6.45, 7) is 0. The number of para-hydroxylation sites is 1. The molecule has 0 bridgehead atoms. The van der Waals surface area contributed by atoms with Gasteiger partial charge in [0.1, 0.15) is 0 Å². The van der Waals surface area contributed by atoms with E-state index >= 15 is 0 Å². The minimum Gasteiger partial charge on any atom is -0.867 e. The number of H-pyrrole nitrogens is 1. The lowest BCUT2D eigenvalue weighted by Crippen LogP contribution is -2.01. The second-order valence-corrected chi connectivity index (χ2v) is 4.35. The van der Waals surface area contributed by atoms with Crippen LogP contribution in [0.1, 0.15) is 5.56 Å². The van der Waals surface area contributed by atoms with Gasteiger partial charge in [-0.25, -0.2) is 0 Å². The van der Waals surface area contributed by atoms with Gasteiger partial charge in [0.25, 0.3) is 5.69 Å². The van der Waals surface area contributed by atoms with E-state index in [-0.39, 0.29) is 5.56 Å². The first kappa shape index (κ1) is 12.8. The van der Waals surface area contributed by atoms with Crippen molar-refractivity contribution in [3.05, 3.63) is 58.3 Å². The number of hydrogen-bond acceptors (Lipinski definition) is 5. The molecular formula is C14H9N4O3-. The lowest BCUT2D eigenvalue weighted by molar-refractivity contribution is -0.398. The second kappa shape index (κ2) is 5.04. The third-order valence-electron chi connectivity index (χ3n) is 3.00. The van der Waals surface area contributed by atoms with Crippen LogP contribution in [-0.4, -0.2) is 21.3 Å². The quantitative estimate of drug-likeness (QED) is 0.451. The number of rotatable bonds is 3. The monoisotopic (exact) mass is 281 g/mol. The van der Waals surface area contributed by atoms with Crippen LogP contribution in [0.3, 0.4) is 0 Å². The molecule has 0 aliphatic heterocycles. The SMILES string of the molecule is O=[N+]([O-])c1cccc(C=Nc2ccc3[nH]ncc3c2)c1[O-]. The first-order chi connectivity index (χ1) is 10.1. The minimum absolute atomic E-state index is 0.177. The van der Waals surface area contributed by atoms with E-state index in [2.05, 4.69) is 15.2 Å². The van der Waals surface area contributed by atoms with Crippen molar-refractivity contribution in [3.8, 4) is 5.75 Å². The number of fused-ring (bicyclic) bond motifs is 1. The summed E-state index contributed by atoms with van der Waals surface area (Å²) in [5.41, 5.74) is 1.24. The van der Waals surface area contributed by atoms with Crippen LogP contribution in [0.25, 0.3) is 10.9 Å². The van der Waals surface area contributed by atoms with Gasteiger partial charge in [0.15, 0.2) is 0 Å². The van der Waals surface area contributed by atoms with E-state index in [4.69, 9.17) is 0 Å². The normalized spacial score (nSPS) is 11.2. The summed E-state index contributed by atoms with van der Waals surface area (Å²) < 4.78 is 0. The molecule has 21 heavy (non-hydrogen) atoms. The van der Waals surface area contributed by atoms with Crippen molar-refractivity contribution in [2.45, 2.75) is 0 Å². The Morgan fingerprint density at radius 1 is 1.29 bits per heavy atom. The Morgan fingerprint density at radius 2 is 2.14 bits per heavy atom. The summed E-state index contributed by atoms with van der Waals surface area (Å²) in [4.78, 5) is 14.2. The molecule has 0 aliphatic carbocycles. The maximum Gasteiger partial charge on any atom is 0.262 e. The van der Waals surface area contributed by atoms with Crippen molar-refractivity contribution in [3.63, 3.8) is 0 Å². The van der Waals surface area contributed by atoms with Crippen molar-refractivity contribution in [1.82, 2.24) is 10.2 Å². The molecule has 1 heterocycles. The van der Waals surface area contributed by atoms with Crippen LogP contribution in [0, 0.1) is 10.1 Å². The van der Waals surface area contributed by atoms with Crippen LogP contribution < -0.4 is 5.11 Å². The Kier molecular flexibility index (Phi) is 3.07. The Balaban J connectivity index is 1.95. The zero-order valence-corrected chi connectivity index (χ0v) is 10.7. The third-order valence-corrected chi connectivity index (χ3v) is 3.00. The molecule has 7 heteroatoms. The predicted molar refractivity (Wildman–Crippen MR) is 75.9 cm³/mol. The van der Waals surface area contributed by atoms with Gasteiger partial charge in [-0.3, -0.25) is 20.2 Å². The zero-order chi connectivity index (χ0) is 14.8. The molecule has 0 spiro atoms. The van der Waals surface area contributed by atoms with Gasteiger partial charge < -0.3 is 5.11 Å². The van der Waals surface area contributed by atoms with Crippen molar-refractivity contribution < 1.29 is 10.0 Å². The van der Waals surface area contributed by atoms with Gasteiger partial charge >= 0.3 is 0 Å².